The number of hydrogen-bond acceptors (Lipinski definition) is 9. The average molecular weight is 641 g/mol. The summed E-state index contributed by atoms with van der Waals surface area (Å²) in [6, 6.07) is 13.3. The lowest BCUT2D eigenvalue weighted by molar-refractivity contribution is -0.114. The second-order valence-electron chi connectivity index (χ2n) is 8.55. The molecule has 0 saturated carbocycles. The quantitative estimate of drug-likeness (QED) is 0.140. The molecule has 3 rings (SSSR count). The van der Waals surface area contributed by atoms with E-state index in [-0.39, 0.29) is 47.8 Å². The number of ether oxygens (including phenoxy) is 3. The fraction of sp³-hybridized carbons (Fsp3) is 0.233. The van der Waals surface area contributed by atoms with E-state index in [0.29, 0.717) is 26.2 Å². The van der Waals surface area contributed by atoms with Gasteiger partial charge in [0.15, 0.2) is 5.78 Å². The van der Waals surface area contributed by atoms with Gasteiger partial charge in [0.25, 0.3) is 0 Å². The van der Waals surface area contributed by atoms with Crippen LogP contribution in [-0.4, -0.2) is 42.0 Å². The van der Waals surface area contributed by atoms with Gasteiger partial charge in [0, 0.05) is 11.3 Å². The molecule has 3 aromatic rings. The lowest BCUT2D eigenvalue weighted by atomic mass is 10.0. The van der Waals surface area contributed by atoms with Crippen LogP contribution in [0, 0.1) is 18.3 Å². The molecule has 1 heterocycles. The van der Waals surface area contributed by atoms with Crippen LogP contribution in [0.5, 0.6) is 5.75 Å². The highest BCUT2D eigenvalue weighted by Gasteiger charge is 2.28. The molecule has 0 bridgehead atoms. The number of nitriles is 1. The summed E-state index contributed by atoms with van der Waals surface area (Å²) in [4.78, 5) is 49.7. The van der Waals surface area contributed by atoms with E-state index < -0.39 is 23.7 Å². The first-order valence-corrected chi connectivity index (χ1v) is 14.1. The van der Waals surface area contributed by atoms with Gasteiger partial charge in [-0.15, -0.1) is 11.3 Å². The second kappa shape index (κ2) is 14.4. The minimum atomic E-state index is -1.01. The molecule has 0 unspecified atom stereocenters. The number of halogens is 1. The number of thiophene rings is 1. The number of ketones is 1. The minimum absolute atomic E-state index is 0.116. The third-order valence-electron chi connectivity index (χ3n) is 5.76. The molecule has 0 aliphatic carbocycles. The number of esters is 2. The number of carbonyl (C=O) groups excluding carboxylic acids is 3. The van der Waals surface area contributed by atoms with Crippen molar-refractivity contribution in [3.63, 3.8) is 0 Å². The van der Waals surface area contributed by atoms with Crippen LogP contribution in [0.1, 0.15) is 65.8 Å². The van der Waals surface area contributed by atoms with Crippen LogP contribution in [0.4, 0.5) is 0 Å². The molecular formula is C30H26BrNO8S. The van der Waals surface area contributed by atoms with E-state index in [1.165, 1.54) is 18.2 Å². The molecule has 41 heavy (non-hydrogen) atoms. The predicted molar refractivity (Wildman–Crippen MR) is 155 cm³/mol. The lowest BCUT2D eigenvalue weighted by Crippen LogP contribution is -2.12. The highest BCUT2D eigenvalue weighted by molar-refractivity contribution is 9.10. The minimum Gasteiger partial charge on any atom is -0.488 e. The van der Waals surface area contributed by atoms with E-state index in [1.54, 1.807) is 51.1 Å². The molecule has 0 atom stereocenters. The van der Waals surface area contributed by atoms with Crippen molar-refractivity contribution in [2.24, 2.45) is 0 Å². The van der Waals surface area contributed by atoms with Crippen molar-refractivity contribution in [2.75, 3.05) is 13.2 Å². The molecule has 0 aliphatic rings. The van der Waals surface area contributed by atoms with Crippen LogP contribution >= 0.6 is 27.3 Å². The lowest BCUT2D eigenvalue weighted by Gasteiger charge is -2.09. The number of carboxylic acid groups (broad SMARTS) is 1. The molecule has 1 aromatic heterocycles. The summed E-state index contributed by atoms with van der Waals surface area (Å²) in [6.07, 6.45) is 1.15. The van der Waals surface area contributed by atoms with Crippen molar-refractivity contribution in [3.05, 3.63) is 90.1 Å². The van der Waals surface area contributed by atoms with Crippen LogP contribution in [0.2, 0.25) is 0 Å². The van der Waals surface area contributed by atoms with Gasteiger partial charge in [-0.3, -0.25) is 4.79 Å². The van der Waals surface area contributed by atoms with Crippen molar-refractivity contribution in [3.8, 4) is 11.8 Å². The fourth-order valence-corrected chi connectivity index (χ4v) is 5.47. The molecule has 212 valence electrons. The Balaban J connectivity index is 1.80. The third kappa shape index (κ3) is 7.90. The van der Waals surface area contributed by atoms with Crippen molar-refractivity contribution in [1.82, 2.24) is 0 Å². The molecular weight excluding hydrogens is 614 g/mol. The molecule has 0 spiro atoms. The monoisotopic (exact) mass is 639 g/mol. The zero-order valence-electron chi connectivity index (χ0n) is 22.5. The fourth-order valence-electron chi connectivity index (χ4n) is 3.77. The van der Waals surface area contributed by atoms with Crippen LogP contribution < -0.4 is 4.74 Å². The summed E-state index contributed by atoms with van der Waals surface area (Å²) < 4.78 is 16.6. The van der Waals surface area contributed by atoms with Gasteiger partial charge >= 0.3 is 17.9 Å². The Hall–Kier alpha value is -4.27. The predicted octanol–water partition coefficient (Wildman–Crippen LogP) is 6.17. The summed E-state index contributed by atoms with van der Waals surface area (Å²) in [7, 11) is 0. The molecule has 1 N–H and O–H groups in total. The maximum absolute atomic E-state index is 13.1. The van der Waals surface area contributed by atoms with E-state index >= 15 is 0 Å². The van der Waals surface area contributed by atoms with Crippen molar-refractivity contribution in [1.29, 1.82) is 5.26 Å². The van der Waals surface area contributed by atoms with Gasteiger partial charge in [-0.2, -0.15) is 5.26 Å². The van der Waals surface area contributed by atoms with Crippen molar-refractivity contribution >= 4 is 57.0 Å². The van der Waals surface area contributed by atoms with Gasteiger partial charge in [-0.1, -0.05) is 18.2 Å². The topological polar surface area (TPSA) is 140 Å². The number of rotatable bonds is 12. The Morgan fingerprint density at radius 2 is 1.68 bits per heavy atom. The second-order valence-corrected chi connectivity index (χ2v) is 10.5. The Morgan fingerprint density at radius 1 is 1.02 bits per heavy atom. The van der Waals surface area contributed by atoms with Gasteiger partial charge in [-0.05, 0) is 83.7 Å². The summed E-state index contributed by atoms with van der Waals surface area (Å²) >= 11 is 4.41. The van der Waals surface area contributed by atoms with Gasteiger partial charge in [0.2, 0.25) is 0 Å². The highest BCUT2D eigenvalue weighted by atomic mass is 79.9. The van der Waals surface area contributed by atoms with Gasteiger partial charge < -0.3 is 19.3 Å². The number of allylic oxidation sites excluding steroid dienone is 1. The maximum atomic E-state index is 13.1. The number of carbonyl (C=O) groups is 4. The molecule has 0 radical (unpaired) electrons. The van der Waals surface area contributed by atoms with Crippen LogP contribution in [0.15, 0.2) is 52.5 Å². The number of benzene rings is 2. The zero-order chi connectivity index (χ0) is 30.1. The molecule has 2 aromatic carbocycles. The van der Waals surface area contributed by atoms with Gasteiger partial charge in [-0.25, -0.2) is 14.4 Å². The molecule has 0 amide bonds. The zero-order valence-corrected chi connectivity index (χ0v) is 24.9. The van der Waals surface area contributed by atoms with Crippen LogP contribution in [0.3, 0.4) is 0 Å². The van der Waals surface area contributed by atoms with E-state index in [1.807, 2.05) is 6.07 Å². The summed E-state index contributed by atoms with van der Waals surface area (Å²) in [6.45, 7) is 5.38. The van der Waals surface area contributed by atoms with E-state index in [0.717, 1.165) is 16.9 Å². The Labute approximate surface area is 249 Å². The molecule has 11 heteroatoms. The smallest absolute Gasteiger partial charge is 0.348 e. The Morgan fingerprint density at radius 3 is 2.27 bits per heavy atom. The first kappa shape index (κ1) is 31.3. The molecule has 0 aliphatic heterocycles. The molecule has 0 fully saturated rings. The SMILES string of the molecule is CCOC(=O)c1sc(CC(=O)C(C#N)=Cc2ccc(OCc3ccc(C(=O)O)cc3)c(Br)c2)c(C(=O)OCC)c1C. The highest BCUT2D eigenvalue weighted by Crippen LogP contribution is 2.32. The van der Waals surface area contributed by atoms with E-state index in [4.69, 9.17) is 19.3 Å². The third-order valence-corrected chi connectivity index (χ3v) is 7.66. The first-order valence-electron chi connectivity index (χ1n) is 12.5. The van der Waals surface area contributed by atoms with Crippen LogP contribution in [0.25, 0.3) is 6.08 Å². The molecule has 9 nitrogen and oxygen atoms in total. The Kier molecular flexibility index (Phi) is 11.0. The van der Waals surface area contributed by atoms with Gasteiger partial charge in [0.05, 0.1) is 34.4 Å². The number of aromatic carboxylic acids is 1. The van der Waals surface area contributed by atoms with E-state index in [9.17, 15) is 24.4 Å². The van der Waals surface area contributed by atoms with Crippen molar-refractivity contribution < 1.29 is 38.5 Å². The largest absolute Gasteiger partial charge is 0.488 e. The molecule has 0 saturated heterocycles. The maximum Gasteiger partial charge on any atom is 0.348 e. The Bertz CT molecular complexity index is 1550. The van der Waals surface area contributed by atoms with Gasteiger partial charge in [0.1, 0.15) is 23.3 Å². The number of carboxylic acids is 1. The normalized spacial score (nSPS) is 11.0. The summed E-state index contributed by atoms with van der Waals surface area (Å²) in [5.74, 6) is -2.28. The number of hydrogen-bond donors (Lipinski definition) is 1. The standard InChI is InChI=1S/C30H26BrNO8S/c1-4-38-29(36)26-17(3)27(30(37)39-5-2)41-25(26)14-23(33)21(15-32)12-19-8-11-24(22(31)13-19)40-16-18-6-9-20(10-7-18)28(34)35/h6-13H,4-5,14,16H2,1-3H3,(H,34,35). The van der Waals surface area contributed by atoms with Crippen molar-refractivity contribution in [2.45, 2.75) is 33.8 Å². The average Bonchev–Trinajstić information content (AvgIpc) is 3.27. The van der Waals surface area contributed by atoms with Crippen LogP contribution in [-0.2, 0) is 27.3 Å². The van der Waals surface area contributed by atoms with E-state index in [2.05, 4.69) is 15.9 Å². The first-order chi connectivity index (χ1) is 19.6. The number of nitrogens with zero attached hydrogens (tertiary/aromatic N) is 1. The summed E-state index contributed by atoms with van der Waals surface area (Å²) in [5.41, 5.74) is 1.88. The summed E-state index contributed by atoms with van der Waals surface area (Å²) in [5, 5.41) is 18.7. The number of Topliss-reactive ketones (excluding diaryl/α,β-unsaturated/α-hetero) is 1.